The number of nitrogens with one attached hydrogen (secondary N) is 2. The lowest BCUT2D eigenvalue weighted by molar-refractivity contribution is 0.0657. The van der Waals surface area contributed by atoms with Crippen LogP contribution < -0.4 is 10.6 Å². The second kappa shape index (κ2) is 7.61. The van der Waals surface area contributed by atoms with Crippen LogP contribution in [0, 0.1) is 0 Å². The molecule has 0 spiro atoms. The Hall–Kier alpha value is -1.59. The molecule has 0 aromatic heterocycles. The van der Waals surface area contributed by atoms with Crippen LogP contribution in [0.1, 0.15) is 45.1 Å². The Kier molecular flexibility index (Phi) is 5.80. The Morgan fingerprint density at radius 1 is 1.36 bits per heavy atom. The van der Waals surface area contributed by atoms with E-state index >= 15 is 0 Å². The first kappa shape index (κ1) is 16.8. The molecule has 3 N–H and O–H groups in total. The van der Waals surface area contributed by atoms with Gasteiger partial charge < -0.3 is 20.5 Å². The van der Waals surface area contributed by atoms with Gasteiger partial charge in [-0.3, -0.25) is 0 Å². The van der Waals surface area contributed by atoms with Crippen molar-refractivity contribution >= 4 is 11.7 Å². The molecule has 2 amide bonds. The number of anilines is 1. The van der Waals surface area contributed by atoms with Crippen molar-refractivity contribution in [1.82, 2.24) is 5.32 Å². The van der Waals surface area contributed by atoms with E-state index in [9.17, 15) is 9.90 Å². The number of ether oxygens (including phenoxy) is 1. The van der Waals surface area contributed by atoms with E-state index in [4.69, 9.17) is 4.74 Å². The van der Waals surface area contributed by atoms with E-state index in [0.29, 0.717) is 6.61 Å². The monoisotopic (exact) mass is 306 g/mol. The maximum atomic E-state index is 12.1. The summed E-state index contributed by atoms with van der Waals surface area (Å²) in [6.45, 7) is 4.50. The smallest absolute Gasteiger partial charge is 0.319 e. The van der Waals surface area contributed by atoms with Gasteiger partial charge in [-0.25, -0.2) is 4.79 Å². The van der Waals surface area contributed by atoms with Crippen molar-refractivity contribution in [3.63, 3.8) is 0 Å². The zero-order chi connectivity index (χ0) is 16.0. The summed E-state index contributed by atoms with van der Waals surface area (Å²) in [4.78, 5) is 12.1. The minimum Gasteiger partial charge on any atom is -0.394 e. The van der Waals surface area contributed by atoms with Crippen molar-refractivity contribution in [2.45, 2.75) is 57.8 Å². The molecule has 0 bridgehead atoms. The van der Waals surface area contributed by atoms with Gasteiger partial charge in [0.2, 0.25) is 0 Å². The number of rotatable bonds is 6. The SMILES string of the molecule is CC(C)OCc1cccc(NC(=O)NC2(CO)CCCC2)c1. The molecular weight excluding hydrogens is 280 g/mol. The predicted octanol–water partition coefficient (Wildman–Crippen LogP) is 3.04. The van der Waals surface area contributed by atoms with Gasteiger partial charge in [0, 0.05) is 5.69 Å². The molecule has 0 atom stereocenters. The van der Waals surface area contributed by atoms with Gasteiger partial charge >= 0.3 is 6.03 Å². The van der Waals surface area contributed by atoms with Crippen LogP contribution in [-0.2, 0) is 11.3 Å². The summed E-state index contributed by atoms with van der Waals surface area (Å²) in [5.74, 6) is 0. The number of carbonyl (C=O) groups excluding carboxylic acids is 1. The van der Waals surface area contributed by atoms with Crippen LogP contribution in [0.3, 0.4) is 0 Å². The number of urea groups is 1. The standard InChI is InChI=1S/C17H26N2O3/c1-13(2)22-11-14-6-5-7-15(10-14)18-16(21)19-17(12-20)8-3-4-9-17/h5-7,10,13,20H,3-4,8-9,11-12H2,1-2H3,(H2,18,19,21). The molecule has 2 rings (SSSR count). The zero-order valence-corrected chi connectivity index (χ0v) is 13.4. The Labute approximate surface area is 132 Å². The summed E-state index contributed by atoms with van der Waals surface area (Å²) < 4.78 is 5.57. The molecule has 5 heteroatoms. The third kappa shape index (κ3) is 4.71. The van der Waals surface area contributed by atoms with Crippen LogP contribution in [-0.4, -0.2) is 29.4 Å². The summed E-state index contributed by atoms with van der Waals surface area (Å²) in [7, 11) is 0. The van der Waals surface area contributed by atoms with Crippen LogP contribution in [0.15, 0.2) is 24.3 Å². The van der Waals surface area contributed by atoms with E-state index in [1.54, 1.807) is 0 Å². The second-order valence-corrected chi connectivity index (χ2v) is 6.28. The van der Waals surface area contributed by atoms with Crippen LogP contribution in [0.25, 0.3) is 0 Å². The first-order chi connectivity index (χ1) is 10.5. The van der Waals surface area contributed by atoms with Gasteiger partial charge in [-0.2, -0.15) is 0 Å². The molecular formula is C17H26N2O3. The number of benzene rings is 1. The Bertz CT molecular complexity index is 496. The molecule has 0 heterocycles. The lowest BCUT2D eigenvalue weighted by Crippen LogP contribution is -2.50. The summed E-state index contributed by atoms with van der Waals surface area (Å²) in [5, 5.41) is 15.3. The van der Waals surface area contributed by atoms with Gasteiger partial charge in [0.25, 0.3) is 0 Å². The van der Waals surface area contributed by atoms with Crippen molar-refractivity contribution in [2.75, 3.05) is 11.9 Å². The third-order valence-electron chi connectivity index (χ3n) is 4.01. The van der Waals surface area contributed by atoms with Crippen LogP contribution in [0.4, 0.5) is 10.5 Å². The van der Waals surface area contributed by atoms with Gasteiger partial charge in [0.15, 0.2) is 0 Å². The zero-order valence-electron chi connectivity index (χ0n) is 13.4. The lowest BCUT2D eigenvalue weighted by atomic mass is 9.99. The highest BCUT2D eigenvalue weighted by Gasteiger charge is 2.34. The molecule has 5 nitrogen and oxygen atoms in total. The van der Waals surface area contributed by atoms with Gasteiger partial charge in [-0.05, 0) is 44.4 Å². The van der Waals surface area contributed by atoms with Crippen molar-refractivity contribution < 1.29 is 14.6 Å². The molecule has 0 aliphatic heterocycles. The summed E-state index contributed by atoms with van der Waals surface area (Å²) >= 11 is 0. The van der Waals surface area contributed by atoms with Crippen molar-refractivity contribution in [3.8, 4) is 0 Å². The number of aliphatic hydroxyl groups is 1. The molecule has 1 aliphatic carbocycles. The molecule has 1 saturated carbocycles. The highest BCUT2D eigenvalue weighted by atomic mass is 16.5. The Morgan fingerprint density at radius 2 is 2.09 bits per heavy atom. The van der Waals surface area contributed by atoms with Crippen molar-refractivity contribution in [3.05, 3.63) is 29.8 Å². The highest BCUT2D eigenvalue weighted by Crippen LogP contribution is 2.29. The normalized spacial score (nSPS) is 16.7. The minimum atomic E-state index is -0.456. The first-order valence-corrected chi connectivity index (χ1v) is 7.94. The number of aliphatic hydroxyl groups excluding tert-OH is 1. The number of amides is 2. The molecule has 0 radical (unpaired) electrons. The molecule has 1 aromatic rings. The van der Waals surface area contributed by atoms with Gasteiger partial charge in [-0.1, -0.05) is 25.0 Å². The van der Waals surface area contributed by atoms with Crippen LogP contribution in [0.5, 0.6) is 0 Å². The minimum absolute atomic E-state index is 0.0112. The molecule has 22 heavy (non-hydrogen) atoms. The molecule has 1 aliphatic rings. The quantitative estimate of drug-likeness (QED) is 0.756. The lowest BCUT2D eigenvalue weighted by Gasteiger charge is -2.28. The number of hydrogen-bond acceptors (Lipinski definition) is 3. The van der Waals surface area contributed by atoms with E-state index in [2.05, 4.69) is 10.6 Å². The van der Waals surface area contributed by atoms with E-state index in [0.717, 1.165) is 36.9 Å². The van der Waals surface area contributed by atoms with Gasteiger partial charge in [-0.15, -0.1) is 0 Å². The summed E-state index contributed by atoms with van der Waals surface area (Å²) in [6, 6.07) is 7.35. The highest BCUT2D eigenvalue weighted by molar-refractivity contribution is 5.89. The summed E-state index contributed by atoms with van der Waals surface area (Å²) in [6.07, 6.45) is 3.93. The van der Waals surface area contributed by atoms with Gasteiger partial charge in [0.05, 0.1) is 24.9 Å². The maximum absolute atomic E-state index is 12.1. The van der Waals surface area contributed by atoms with Crippen molar-refractivity contribution in [1.29, 1.82) is 0 Å². The van der Waals surface area contributed by atoms with E-state index < -0.39 is 5.54 Å². The third-order valence-corrected chi connectivity index (χ3v) is 4.01. The fourth-order valence-corrected chi connectivity index (χ4v) is 2.78. The van der Waals surface area contributed by atoms with Crippen LogP contribution in [0.2, 0.25) is 0 Å². The fourth-order valence-electron chi connectivity index (χ4n) is 2.78. The molecule has 1 aromatic carbocycles. The molecule has 0 unspecified atom stereocenters. The number of hydrogen-bond donors (Lipinski definition) is 3. The maximum Gasteiger partial charge on any atom is 0.319 e. The molecule has 122 valence electrons. The Morgan fingerprint density at radius 3 is 2.73 bits per heavy atom. The van der Waals surface area contributed by atoms with E-state index in [1.165, 1.54) is 0 Å². The summed E-state index contributed by atoms with van der Waals surface area (Å²) in [5.41, 5.74) is 1.29. The average Bonchev–Trinajstić information content (AvgIpc) is 2.94. The second-order valence-electron chi connectivity index (χ2n) is 6.28. The van der Waals surface area contributed by atoms with Crippen LogP contribution >= 0.6 is 0 Å². The number of carbonyl (C=O) groups is 1. The van der Waals surface area contributed by atoms with E-state index in [-0.39, 0.29) is 18.7 Å². The van der Waals surface area contributed by atoms with Crippen molar-refractivity contribution in [2.24, 2.45) is 0 Å². The molecule has 0 saturated heterocycles. The predicted molar refractivity (Wildman–Crippen MR) is 86.8 cm³/mol. The largest absolute Gasteiger partial charge is 0.394 e. The average molecular weight is 306 g/mol. The fraction of sp³-hybridized carbons (Fsp3) is 0.588. The first-order valence-electron chi connectivity index (χ1n) is 7.94. The molecule has 1 fully saturated rings. The van der Waals surface area contributed by atoms with Gasteiger partial charge in [0.1, 0.15) is 0 Å². The van der Waals surface area contributed by atoms with E-state index in [1.807, 2.05) is 38.1 Å². The topological polar surface area (TPSA) is 70.6 Å². The Balaban J connectivity index is 1.92.